The normalized spacial score (nSPS) is 15.8. The molecule has 0 aromatic carbocycles. The fraction of sp³-hybridized carbons (Fsp3) is 0.500. The van der Waals surface area contributed by atoms with Gasteiger partial charge < -0.3 is 0 Å². The maximum Gasteiger partial charge on any atom is 0.271 e. The van der Waals surface area contributed by atoms with Crippen molar-refractivity contribution < 1.29 is 0 Å². The summed E-state index contributed by atoms with van der Waals surface area (Å²) >= 11 is 0. The Labute approximate surface area is 93.3 Å². The lowest BCUT2D eigenvalue weighted by Gasteiger charge is -1.96. The minimum absolute atomic E-state index is 0.00857. The van der Waals surface area contributed by atoms with E-state index in [-0.39, 0.29) is 5.56 Å². The third kappa shape index (κ3) is 1.54. The molecule has 0 spiro atoms. The number of aromatic nitrogens is 3. The van der Waals surface area contributed by atoms with E-state index in [1.165, 1.54) is 17.4 Å². The molecule has 2 aromatic rings. The van der Waals surface area contributed by atoms with Crippen LogP contribution in [0.4, 0.5) is 0 Å². The minimum Gasteiger partial charge on any atom is -0.276 e. The van der Waals surface area contributed by atoms with E-state index in [4.69, 9.17) is 0 Å². The molecule has 0 aliphatic heterocycles. The van der Waals surface area contributed by atoms with Crippen LogP contribution in [0.3, 0.4) is 0 Å². The van der Waals surface area contributed by atoms with Crippen LogP contribution in [0.1, 0.15) is 43.5 Å². The lowest BCUT2D eigenvalue weighted by molar-refractivity contribution is 0.807. The summed E-state index contributed by atoms with van der Waals surface area (Å²) < 4.78 is 1.54. The summed E-state index contributed by atoms with van der Waals surface area (Å²) in [5.41, 5.74) is 1.92. The number of nitrogens with zero attached hydrogens (tertiary/aromatic N) is 2. The lowest BCUT2D eigenvalue weighted by atomic mass is 10.2. The first-order valence-electron chi connectivity index (χ1n) is 5.89. The van der Waals surface area contributed by atoms with Gasteiger partial charge in [0, 0.05) is 12.5 Å². The Morgan fingerprint density at radius 1 is 1.50 bits per heavy atom. The van der Waals surface area contributed by atoms with Gasteiger partial charge >= 0.3 is 0 Å². The van der Waals surface area contributed by atoms with Crippen LogP contribution in [-0.2, 0) is 6.42 Å². The fourth-order valence-corrected chi connectivity index (χ4v) is 2.06. The highest BCUT2D eigenvalue weighted by atomic mass is 16.1. The van der Waals surface area contributed by atoms with Crippen LogP contribution in [-0.4, -0.2) is 14.6 Å². The molecule has 1 N–H and O–H groups in total. The highest BCUT2D eigenvalue weighted by Gasteiger charge is 2.24. The Morgan fingerprint density at radius 3 is 3.00 bits per heavy atom. The summed E-state index contributed by atoms with van der Waals surface area (Å²) in [6.45, 7) is 2.10. The molecule has 1 aliphatic rings. The molecule has 2 aromatic heterocycles. The first kappa shape index (κ1) is 9.63. The Kier molecular flexibility index (Phi) is 2.09. The molecule has 1 aliphatic carbocycles. The number of hydrogen-bond acceptors (Lipinski definition) is 2. The molecule has 1 fully saturated rings. The summed E-state index contributed by atoms with van der Waals surface area (Å²) in [5.74, 6) is 1.50. The molecule has 0 atom stereocenters. The third-order valence-electron chi connectivity index (χ3n) is 3.06. The maximum absolute atomic E-state index is 11.8. The molecule has 16 heavy (non-hydrogen) atoms. The summed E-state index contributed by atoms with van der Waals surface area (Å²) in [4.78, 5) is 16.3. The van der Waals surface area contributed by atoms with Crippen LogP contribution in [0, 0.1) is 0 Å². The standard InChI is InChI=1S/C12H15N3O/c1-2-3-10-13-11-6-9(8-4-5-8)7-12(16)15(11)14-10/h6-8H,2-5H2,1H3,(H,13,14). The number of fused-ring (bicyclic) bond motifs is 1. The number of hydrogen-bond donors (Lipinski definition) is 1. The molecule has 84 valence electrons. The van der Waals surface area contributed by atoms with Gasteiger partial charge in [0.2, 0.25) is 0 Å². The summed E-state index contributed by atoms with van der Waals surface area (Å²) in [5, 5.41) is 3.04. The third-order valence-corrected chi connectivity index (χ3v) is 3.06. The predicted octanol–water partition coefficient (Wildman–Crippen LogP) is 1.85. The van der Waals surface area contributed by atoms with Gasteiger partial charge in [0.15, 0.2) is 5.65 Å². The van der Waals surface area contributed by atoms with Crippen LogP contribution < -0.4 is 5.56 Å². The maximum atomic E-state index is 11.8. The molecule has 4 heteroatoms. The zero-order valence-electron chi connectivity index (χ0n) is 9.36. The first-order valence-corrected chi connectivity index (χ1v) is 5.89. The second-order valence-electron chi connectivity index (χ2n) is 4.52. The number of rotatable bonds is 3. The number of nitrogens with one attached hydrogen (secondary N) is 1. The van der Waals surface area contributed by atoms with Gasteiger partial charge in [-0.05, 0) is 36.8 Å². The van der Waals surface area contributed by atoms with Gasteiger partial charge in [-0.3, -0.25) is 9.89 Å². The molecule has 1 saturated carbocycles. The van der Waals surface area contributed by atoms with E-state index in [0.29, 0.717) is 5.92 Å². The monoisotopic (exact) mass is 217 g/mol. The molecular weight excluding hydrogens is 202 g/mol. The molecule has 0 amide bonds. The Morgan fingerprint density at radius 2 is 2.31 bits per heavy atom. The Balaban J connectivity index is 2.13. The Bertz CT molecular complexity index is 577. The molecule has 0 unspecified atom stereocenters. The van der Waals surface area contributed by atoms with Gasteiger partial charge in [-0.15, -0.1) is 0 Å². The van der Waals surface area contributed by atoms with E-state index < -0.39 is 0 Å². The highest BCUT2D eigenvalue weighted by molar-refractivity contribution is 5.42. The summed E-state index contributed by atoms with van der Waals surface area (Å²) in [7, 11) is 0. The van der Waals surface area contributed by atoms with Crippen molar-refractivity contribution in [3.05, 3.63) is 33.9 Å². The number of aromatic amines is 1. The molecule has 0 saturated heterocycles. The van der Waals surface area contributed by atoms with Crippen molar-refractivity contribution in [1.82, 2.24) is 14.6 Å². The number of aryl methyl sites for hydroxylation is 1. The van der Waals surface area contributed by atoms with Gasteiger partial charge in [-0.25, -0.2) is 9.50 Å². The lowest BCUT2D eigenvalue weighted by Crippen LogP contribution is -2.13. The smallest absolute Gasteiger partial charge is 0.271 e. The van der Waals surface area contributed by atoms with E-state index in [0.717, 1.165) is 29.9 Å². The van der Waals surface area contributed by atoms with E-state index in [1.54, 1.807) is 6.07 Å². The molecular formula is C12H15N3O. The van der Waals surface area contributed by atoms with E-state index in [2.05, 4.69) is 17.0 Å². The Hall–Kier alpha value is -1.58. The average molecular weight is 217 g/mol. The number of H-pyrrole nitrogens is 1. The van der Waals surface area contributed by atoms with Crippen molar-refractivity contribution in [2.75, 3.05) is 0 Å². The van der Waals surface area contributed by atoms with Crippen molar-refractivity contribution in [3.8, 4) is 0 Å². The van der Waals surface area contributed by atoms with Gasteiger partial charge in [0.05, 0.1) is 0 Å². The zero-order chi connectivity index (χ0) is 11.1. The summed E-state index contributed by atoms with van der Waals surface area (Å²) in [6, 6.07) is 3.77. The van der Waals surface area contributed by atoms with E-state index >= 15 is 0 Å². The predicted molar refractivity (Wildman–Crippen MR) is 61.8 cm³/mol. The molecule has 2 heterocycles. The van der Waals surface area contributed by atoms with Gasteiger partial charge in [0.25, 0.3) is 5.56 Å². The molecule has 0 radical (unpaired) electrons. The van der Waals surface area contributed by atoms with Gasteiger partial charge in [-0.2, -0.15) is 0 Å². The van der Waals surface area contributed by atoms with Gasteiger partial charge in [0.1, 0.15) is 5.82 Å². The molecule has 0 bridgehead atoms. The first-order chi connectivity index (χ1) is 7.78. The molecule has 4 nitrogen and oxygen atoms in total. The van der Waals surface area contributed by atoms with E-state index in [1.807, 2.05) is 6.07 Å². The van der Waals surface area contributed by atoms with Crippen molar-refractivity contribution >= 4 is 5.65 Å². The quantitative estimate of drug-likeness (QED) is 0.853. The van der Waals surface area contributed by atoms with Gasteiger partial charge in [-0.1, -0.05) is 6.92 Å². The minimum atomic E-state index is 0.00857. The van der Waals surface area contributed by atoms with Crippen LogP contribution in [0.5, 0.6) is 0 Å². The topological polar surface area (TPSA) is 50.2 Å². The van der Waals surface area contributed by atoms with Crippen molar-refractivity contribution in [1.29, 1.82) is 0 Å². The second-order valence-corrected chi connectivity index (χ2v) is 4.52. The van der Waals surface area contributed by atoms with E-state index in [9.17, 15) is 4.79 Å². The van der Waals surface area contributed by atoms with Crippen LogP contribution >= 0.6 is 0 Å². The highest BCUT2D eigenvalue weighted by Crippen LogP contribution is 2.39. The zero-order valence-corrected chi connectivity index (χ0v) is 9.36. The van der Waals surface area contributed by atoms with Crippen LogP contribution in [0.25, 0.3) is 5.65 Å². The van der Waals surface area contributed by atoms with Crippen molar-refractivity contribution in [2.24, 2.45) is 0 Å². The largest absolute Gasteiger partial charge is 0.276 e. The van der Waals surface area contributed by atoms with Crippen molar-refractivity contribution in [2.45, 2.75) is 38.5 Å². The second kappa shape index (κ2) is 3.47. The SMILES string of the molecule is CCCc1nc2cc(C3CC3)cc(=O)n2[nH]1. The van der Waals surface area contributed by atoms with Crippen molar-refractivity contribution in [3.63, 3.8) is 0 Å². The summed E-state index contributed by atoms with van der Waals surface area (Å²) in [6.07, 6.45) is 4.34. The average Bonchev–Trinajstić information content (AvgIpc) is 3.01. The molecule has 3 rings (SSSR count). The van der Waals surface area contributed by atoms with Crippen LogP contribution in [0.2, 0.25) is 0 Å². The fourth-order valence-electron chi connectivity index (χ4n) is 2.06. The van der Waals surface area contributed by atoms with Crippen LogP contribution in [0.15, 0.2) is 16.9 Å². The number of pyridine rings is 1.